The number of hydrogen-bond acceptors (Lipinski definition) is 4. The molecule has 2 aromatic heterocycles. The number of ketones is 1. The minimum atomic E-state index is -0.440. The van der Waals surface area contributed by atoms with Gasteiger partial charge in [-0.05, 0) is 32.0 Å². The third-order valence-electron chi connectivity index (χ3n) is 4.25. The van der Waals surface area contributed by atoms with E-state index in [1.54, 1.807) is 6.07 Å². The monoisotopic (exact) mass is 354 g/mol. The van der Waals surface area contributed by atoms with E-state index in [1.807, 2.05) is 64.6 Å². The molecule has 0 atom stereocenters. The highest BCUT2D eigenvalue weighted by atomic mass is 16.3. The molecule has 0 aliphatic rings. The van der Waals surface area contributed by atoms with Gasteiger partial charge in [-0.25, -0.2) is 4.98 Å². The molecule has 1 aromatic carbocycles. The Hall–Kier alpha value is -2.76. The quantitative estimate of drug-likeness (QED) is 0.609. The molecule has 0 spiro atoms. The number of aryl methyl sites for hydroxylation is 1. The number of aromatic nitrogens is 3. The van der Waals surface area contributed by atoms with Crippen LogP contribution in [0.4, 0.5) is 5.69 Å². The van der Waals surface area contributed by atoms with Crippen LogP contribution in [0.3, 0.4) is 0 Å². The first kappa shape index (κ1) is 18.0. The number of rotatable bonds is 4. The molecule has 3 N–H and O–H groups in total. The van der Waals surface area contributed by atoms with E-state index in [1.165, 1.54) is 0 Å². The number of aromatic amines is 1. The SMILES string of the molecule is CC(C)Nc1cn(C)c(-c2nc3ccc(C(=O)C(C)(C)C)cc3[nH]2)c1O. The fourth-order valence-corrected chi connectivity index (χ4v) is 3.01. The molecule has 0 fully saturated rings. The summed E-state index contributed by atoms with van der Waals surface area (Å²) in [5.74, 6) is 0.809. The lowest BCUT2D eigenvalue weighted by molar-refractivity contribution is 0.0858. The highest BCUT2D eigenvalue weighted by Gasteiger charge is 2.24. The summed E-state index contributed by atoms with van der Waals surface area (Å²) in [6, 6.07) is 5.67. The summed E-state index contributed by atoms with van der Waals surface area (Å²) < 4.78 is 1.83. The number of fused-ring (bicyclic) bond motifs is 1. The predicted molar refractivity (Wildman–Crippen MR) is 105 cm³/mol. The Morgan fingerprint density at radius 2 is 2.00 bits per heavy atom. The van der Waals surface area contributed by atoms with E-state index in [-0.39, 0.29) is 17.6 Å². The van der Waals surface area contributed by atoms with Crippen molar-refractivity contribution in [3.05, 3.63) is 30.0 Å². The van der Waals surface area contributed by atoms with Crippen LogP contribution in [0.1, 0.15) is 45.0 Å². The van der Waals surface area contributed by atoms with Crippen LogP contribution in [0.2, 0.25) is 0 Å². The fourth-order valence-electron chi connectivity index (χ4n) is 3.01. The number of anilines is 1. The number of benzene rings is 1. The maximum Gasteiger partial charge on any atom is 0.168 e. The van der Waals surface area contributed by atoms with Crippen LogP contribution < -0.4 is 5.32 Å². The number of imidazole rings is 1. The Bertz CT molecular complexity index is 974. The summed E-state index contributed by atoms with van der Waals surface area (Å²) in [5.41, 5.74) is 3.01. The van der Waals surface area contributed by atoms with E-state index < -0.39 is 5.41 Å². The summed E-state index contributed by atoms with van der Waals surface area (Å²) in [6.07, 6.45) is 1.84. The highest BCUT2D eigenvalue weighted by molar-refractivity contribution is 6.02. The molecule has 0 aliphatic carbocycles. The average Bonchev–Trinajstić information content (AvgIpc) is 3.05. The molecule has 138 valence electrons. The molecule has 0 amide bonds. The van der Waals surface area contributed by atoms with Gasteiger partial charge in [0, 0.05) is 30.3 Å². The number of aromatic hydroxyl groups is 1. The van der Waals surface area contributed by atoms with Crippen LogP contribution in [0.5, 0.6) is 5.75 Å². The van der Waals surface area contributed by atoms with Crippen LogP contribution in [-0.2, 0) is 7.05 Å². The summed E-state index contributed by atoms with van der Waals surface area (Å²) in [5, 5.41) is 13.8. The third kappa shape index (κ3) is 3.19. The summed E-state index contributed by atoms with van der Waals surface area (Å²) in [4.78, 5) is 20.3. The molecular weight excluding hydrogens is 328 g/mol. The molecular formula is C20H26N4O2. The van der Waals surface area contributed by atoms with E-state index in [9.17, 15) is 9.90 Å². The lowest BCUT2D eigenvalue weighted by Crippen LogP contribution is -2.19. The maximum absolute atomic E-state index is 12.5. The highest BCUT2D eigenvalue weighted by Crippen LogP contribution is 2.37. The van der Waals surface area contributed by atoms with Crippen molar-refractivity contribution < 1.29 is 9.90 Å². The number of H-pyrrole nitrogens is 1. The number of nitrogens with one attached hydrogen (secondary N) is 2. The Balaban J connectivity index is 2.05. The van der Waals surface area contributed by atoms with Gasteiger partial charge >= 0.3 is 0 Å². The van der Waals surface area contributed by atoms with Crippen LogP contribution in [-0.4, -0.2) is 31.5 Å². The second kappa shape index (κ2) is 6.20. The second-order valence-electron chi connectivity index (χ2n) is 8.05. The number of carbonyl (C=O) groups excluding carboxylic acids is 1. The number of nitrogens with zero attached hydrogens (tertiary/aromatic N) is 2. The Morgan fingerprint density at radius 3 is 2.62 bits per heavy atom. The Kier molecular flexibility index (Phi) is 4.30. The van der Waals surface area contributed by atoms with Gasteiger partial charge in [0.05, 0.1) is 16.7 Å². The minimum Gasteiger partial charge on any atom is -0.504 e. The Morgan fingerprint density at radius 1 is 1.31 bits per heavy atom. The van der Waals surface area contributed by atoms with Crippen molar-refractivity contribution in [3.63, 3.8) is 0 Å². The van der Waals surface area contributed by atoms with Crippen LogP contribution in [0, 0.1) is 5.41 Å². The van der Waals surface area contributed by atoms with Crippen molar-refractivity contribution >= 4 is 22.5 Å². The molecule has 3 aromatic rings. The van der Waals surface area contributed by atoms with Gasteiger partial charge in [-0.2, -0.15) is 0 Å². The zero-order valence-corrected chi connectivity index (χ0v) is 16.1. The van der Waals surface area contributed by atoms with Gasteiger partial charge in [0.15, 0.2) is 17.4 Å². The summed E-state index contributed by atoms with van der Waals surface area (Å²) >= 11 is 0. The van der Waals surface area contributed by atoms with Crippen molar-refractivity contribution in [2.75, 3.05) is 5.32 Å². The molecule has 0 saturated carbocycles. The molecule has 0 unspecified atom stereocenters. The van der Waals surface area contributed by atoms with Gasteiger partial charge in [0.2, 0.25) is 0 Å². The van der Waals surface area contributed by atoms with Crippen molar-refractivity contribution in [1.29, 1.82) is 0 Å². The third-order valence-corrected chi connectivity index (χ3v) is 4.25. The summed E-state index contributed by atoms with van der Waals surface area (Å²) in [7, 11) is 1.86. The van der Waals surface area contributed by atoms with Crippen LogP contribution in [0.25, 0.3) is 22.6 Å². The lowest BCUT2D eigenvalue weighted by atomic mass is 9.86. The largest absolute Gasteiger partial charge is 0.504 e. The van der Waals surface area contributed by atoms with Crippen molar-refractivity contribution in [2.45, 2.75) is 40.7 Å². The van der Waals surface area contributed by atoms with Gasteiger partial charge in [-0.1, -0.05) is 20.8 Å². The molecule has 0 aliphatic heterocycles. The fraction of sp³-hybridized carbons (Fsp3) is 0.400. The second-order valence-corrected chi connectivity index (χ2v) is 8.05. The zero-order chi connectivity index (χ0) is 19.2. The number of Topliss-reactive ketones (excluding diaryl/α,β-unsaturated/α-hetero) is 1. The van der Waals surface area contributed by atoms with Gasteiger partial charge in [-0.15, -0.1) is 0 Å². The van der Waals surface area contributed by atoms with Crippen molar-refractivity contribution in [1.82, 2.24) is 14.5 Å². The van der Waals surface area contributed by atoms with Gasteiger partial charge < -0.3 is 20.0 Å². The molecule has 26 heavy (non-hydrogen) atoms. The van der Waals surface area contributed by atoms with E-state index in [4.69, 9.17) is 0 Å². The van der Waals surface area contributed by atoms with Crippen LogP contribution >= 0.6 is 0 Å². The predicted octanol–water partition coefficient (Wildman–Crippen LogP) is 4.32. The molecule has 6 heteroatoms. The summed E-state index contributed by atoms with van der Waals surface area (Å²) in [6.45, 7) is 9.75. The Labute approximate surface area is 153 Å². The van der Waals surface area contributed by atoms with E-state index in [0.29, 0.717) is 22.8 Å². The molecule has 0 saturated heterocycles. The van der Waals surface area contributed by atoms with Crippen LogP contribution in [0.15, 0.2) is 24.4 Å². The first-order chi connectivity index (χ1) is 12.1. The van der Waals surface area contributed by atoms with E-state index in [2.05, 4.69) is 15.3 Å². The van der Waals surface area contributed by atoms with E-state index >= 15 is 0 Å². The zero-order valence-electron chi connectivity index (χ0n) is 16.1. The van der Waals surface area contributed by atoms with E-state index in [0.717, 1.165) is 11.0 Å². The number of hydrogen-bond donors (Lipinski definition) is 3. The van der Waals surface area contributed by atoms with Crippen molar-refractivity contribution in [2.24, 2.45) is 12.5 Å². The average molecular weight is 354 g/mol. The molecule has 2 heterocycles. The standard InChI is InChI=1S/C20H26N4O2/c1-11(2)21-15-10-24(6)16(17(15)25)19-22-13-8-7-12(9-14(13)23-19)18(26)20(3,4)5/h7-11,21,25H,1-6H3,(H,22,23). The first-order valence-electron chi connectivity index (χ1n) is 8.77. The first-order valence-corrected chi connectivity index (χ1v) is 8.77. The smallest absolute Gasteiger partial charge is 0.168 e. The normalized spacial score (nSPS) is 12.1. The lowest BCUT2D eigenvalue weighted by Gasteiger charge is -2.16. The molecule has 0 radical (unpaired) electrons. The van der Waals surface area contributed by atoms with Gasteiger partial charge in [-0.3, -0.25) is 4.79 Å². The molecule has 3 rings (SSSR count). The number of carbonyl (C=O) groups is 1. The van der Waals surface area contributed by atoms with Gasteiger partial charge in [0.1, 0.15) is 5.69 Å². The maximum atomic E-state index is 12.5. The molecule has 0 bridgehead atoms. The van der Waals surface area contributed by atoms with Gasteiger partial charge in [0.25, 0.3) is 0 Å². The topological polar surface area (TPSA) is 82.9 Å². The minimum absolute atomic E-state index is 0.0840. The van der Waals surface area contributed by atoms with Crippen molar-refractivity contribution in [3.8, 4) is 17.3 Å². The molecule has 6 nitrogen and oxygen atoms in total.